The summed E-state index contributed by atoms with van der Waals surface area (Å²) in [7, 11) is 0. The molecule has 0 aliphatic rings. The van der Waals surface area contributed by atoms with Gasteiger partial charge >= 0.3 is 5.97 Å². The maximum absolute atomic E-state index is 10.5. The average Bonchev–Trinajstić information content (AvgIpc) is 2.03. The van der Waals surface area contributed by atoms with Crippen molar-refractivity contribution in [3.63, 3.8) is 0 Å². The third-order valence-corrected chi connectivity index (χ3v) is 1.42. The van der Waals surface area contributed by atoms with Gasteiger partial charge in [-0.15, -0.1) is 0 Å². The van der Waals surface area contributed by atoms with E-state index in [0.29, 0.717) is 5.56 Å². The van der Waals surface area contributed by atoms with Crippen LogP contribution in [0.5, 0.6) is 0 Å². The van der Waals surface area contributed by atoms with E-state index in [-0.39, 0.29) is 12.0 Å². The lowest BCUT2D eigenvalue weighted by atomic mass is 10.1. The molecule has 0 bridgehead atoms. The standard InChI is InChI=1S/C8H8N2O3/c9-7(11)2-5-1-6(8(12)13)4-10-3-5/h1,3-4H,2H2,(H2,9,11)(H,12,13). The molecule has 0 atom stereocenters. The van der Waals surface area contributed by atoms with Gasteiger partial charge in [-0.05, 0) is 11.6 Å². The van der Waals surface area contributed by atoms with Gasteiger partial charge in [0.1, 0.15) is 0 Å². The Morgan fingerprint density at radius 3 is 2.69 bits per heavy atom. The highest BCUT2D eigenvalue weighted by atomic mass is 16.4. The van der Waals surface area contributed by atoms with E-state index in [2.05, 4.69) is 4.98 Å². The second-order valence-electron chi connectivity index (χ2n) is 2.53. The molecule has 0 aromatic carbocycles. The molecule has 1 aromatic heterocycles. The Hall–Kier alpha value is -1.91. The Labute approximate surface area is 74.2 Å². The molecule has 1 amide bonds. The zero-order chi connectivity index (χ0) is 9.84. The number of primary amides is 1. The Balaban J connectivity index is 2.91. The smallest absolute Gasteiger partial charge is 0.337 e. The summed E-state index contributed by atoms with van der Waals surface area (Å²) in [5.41, 5.74) is 5.50. The minimum atomic E-state index is -1.07. The van der Waals surface area contributed by atoms with E-state index in [1.807, 2.05) is 0 Å². The molecule has 1 rings (SSSR count). The van der Waals surface area contributed by atoms with Gasteiger partial charge in [-0.2, -0.15) is 0 Å². The number of aromatic nitrogens is 1. The van der Waals surface area contributed by atoms with Crippen LogP contribution in [0.4, 0.5) is 0 Å². The van der Waals surface area contributed by atoms with Gasteiger partial charge in [0, 0.05) is 12.4 Å². The molecule has 1 aromatic rings. The summed E-state index contributed by atoms with van der Waals surface area (Å²) in [6.45, 7) is 0. The van der Waals surface area contributed by atoms with Crippen molar-refractivity contribution in [3.05, 3.63) is 29.6 Å². The number of carbonyl (C=O) groups excluding carboxylic acids is 1. The van der Waals surface area contributed by atoms with Crippen LogP contribution in [-0.4, -0.2) is 22.0 Å². The van der Waals surface area contributed by atoms with E-state index < -0.39 is 11.9 Å². The van der Waals surface area contributed by atoms with Crippen LogP contribution in [0.3, 0.4) is 0 Å². The Morgan fingerprint density at radius 2 is 2.15 bits per heavy atom. The minimum absolute atomic E-state index is 0.00806. The molecule has 0 saturated carbocycles. The fourth-order valence-corrected chi connectivity index (χ4v) is 0.902. The van der Waals surface area contributed by atoms with Crippen molar-refractivity contribution in [3.8, 4) is 0 Å². The van der Waals surface area contributed by atoms with Crippen LogP contribution < -0.4 is 5.73 Å². The third kappa shape index (κ3) is 2.55. The van der Waals surface area contributed by atoms with Gasteiger partial charge in [0.2, 0.25) is 5.91 Å². The summed E-state index contributed by atoms with van der Waals surface area (Å²) in [5, 5.41) is 8.59. The first-order valence-corrected chi connectivity index (χ1v) is 3.55. The topological polar surface area (TPSA) is 93.3 Å². The van der Waals surface area contributed by atoms with Crippen LogP contribution in [0.1, 0.15) is 15.9 Å². The van der Waals surface area contributed by atoms with E-state index in [9.17, 15) is 9.59 Å². The maximum Gasteiger partial charge on any atom is 0.337 e. The van der Waals surface area contributed by atoms with Gasteiger partial charge in [-0.1, -0.05) is 0 Å². The van der Waals surface area contributed by atoms with Gasteiger partial charge in [-0.25, -0.2) is 4.79 Å². The van der Waals surface area contributed by atoms with Crippen LogP contribution in [0.2, 0.25) is 0 Å². The minimum Gasteiger partial charge on any atom is -0.478 e. The molecule has 0 spiro atoms. The zero-order valence-electron chi connectivity index (χ0n) is 6.73. The molecule has 5 heteroatoms. The van der Waals surface area contributed by atoms with Gasteiger partial charge in [0.05, 0.1) is 12.0 Å². The van der Waals surface area contributed by atoms with Gasteiger partial charge < -0.3 is 10.8 Å². The van der Waals surface area contributed by atoms with E-state index in [1.165, 1.54) is 18.5 Å². The second-order valence-corrected chi connectivity index (χ2v) is 2.53. The van der Waals surface area contributed by atoms with Crippen LogP contribution in [-0.2, 0) is 11.2 Å². The number of nitrogens with two attached hydrogens (primary N) is 1. The molecular formula is C8H8N2O3. The summed E-state index contributed by atoms with van der Waals surface area (Å²) in [6, 6.07) is 1.38. The number of aromatic carboxylic acids is 1. The number of carbonyl (C=O) groups is 2. The van der Waals surface area contributed by atoms with Gasteiger partial charge in [-0.3, -0.25) is 9.78 Å². The summed E-state index contributed by atoms with van der Waals surface area (Å²) in [4.78, 5) is 24.6. The average molecular weight is 180 g/mol. The number of hydrogen-bond acceptors (Lipinski definition) is 3. The highest BCUT2D eigenvalue weighted by Gasteiger charge is 2.05. The molecule has 0 aliphatic heterocycles. The highest BCUT2D eigenvalue weighted by Crippen LogP contribution is 2.02. The number of pyridine rings is 1. The first-order chi connectivity index (χ1) is 6.09. The fourth-order valence-electron chi connectivity index (χ4n) is 0.902. The summed E-state index contributed by atoms with van der Waals surface area (Å²) < 4.78 is 0. The largest absolute Gasteiger partial charge is 0.478 e. The summed E-state index contributed by atoms with van der Waals surface area (Å²) in [5.74, 6) is -1.58. The molecule has 13 heavy (non-hydrogen) atoms. The number of carboxylic acid groups (broad SMARTS) is 1. The monoisotopic (exact) mass is 180 g/mol. The van der Waals surface area contributed by atoms with Crippen LogP contribution >= 0.6 is 0 Å². The van der Waals surface area contributed by atoms with Crippen molar-refractivity contribution < 1.29 is 14.7 Å². The molecule has 0 radical (unpaired) electrons. The van der Waals surface area contributed by atoms with Crippen molar-refractivity contribution >= 4 is 11.9 Å². The molecule has 0 fully saturated rings. The predicted molar refractivity (Wildman–Crippen MR) is 44.1 cm³/mol. The van der Waals surface area contributed by atoms with Crippen molar-refractivity contribution in [1.29, 1.82) is 0 Å². The molecule has 5 nitrogen and oxygen atoms in total. The molecular weight excluding hydrogens is 172 g/mol. The third-order valence-electron chi connectivity index (χ3n) is 1.42. The SMILES string of the molecule is NC(=O)Cc1cncc(C(=O)O)c1. The number of hydrogen-bond donors (Lipinski definition) is 2. The summed E-state index contributed by atoms with van der Waals surface area (Å²) >= 11 is 0. The van der Waals surface area contributed by atoms with E-state index in [0.717, 1.165) is 0 Å². The number of carboxylic acids is 1. The Kier molecular flexibility index (Phi) is 2.59. The first-order valence-electron chi connectivity index (χ1n) is 3.55. The molecule has 0 unspecified atom stereocenters. The fraction of sp³-hybridized carbons (Fsp3) is 0.125. The van der Waals surface area contributed by atoms with Crippen molar-refractivity contribution in [2.45, 2.75) is 6.42 Å². The van der Waals surface area contributed by atoms with Crippen molar-refractivity contribution in [2.75, 3.05) is 0 Å². The summed E-state index contributed by atoms with van der Waals surface area (Å²) in [6.07, 6.45) is 2.64. The normalized spacial score (nSPS) is 9.54. The van der Waals surface area contributed by atoms with Crippen molar-refractivity contribution in [1.82, 2.24) is 4.98 Å². The molecule has 68 valence electrons. The van der Waals surface area contributed by atoms with Gasteiger partial charge in [0.15, 0.2) is 0 Å². The second kappa shape index (κ2) is 3.66. The highest BCUT2D eigenvalue weighted by molar-refractivity contribution is 5.87. The lowest BCUT2D eigenvalue weighted by Gasteiger charge is -1.98. The van der Waals surface area contributed by atoms with Crippen molar-refractivity contribution in [2.24, 2.45) is 5.73 Å². The maximum atomic E-state index is 10.5. The van der Waals surface area contributed by atoms with E-state index in [4.69, 9.17) is 10.8 Å². The number of amides is 1. The number of rotatable bonds is 3. The van der Waals surface area contributed by atoms with Crippen LogP contribution in [0.25, 0.3) is 0 Å². The predicted octanol–water partition coefficient (Wildman–Crippen LogP) is -0.192. The lowest BCUT2D eigenvalue weighted by molar-refractivity contribution is -0.117. The van der Waals surface area contributed by atoms with Crippen LogP contribution in [0, 0.1) is 0 Å². The quantitative estimate of drug-likeness (QED) is 0.674. The van der Waals surface area contributed by atoms with E-state index in [1.54, 1.807) is 0 Å². The lowest BCUT2D eigenvalue weighted by Crippen LogP contribution is -2.14. The first kappa shape index (κ1) is 9.18. The van der Waals surface area contributed by atoms with E-state index >= 15 is 0 Å². The van der Waals surface area contributed by atoms with Crippen LogP contribution in [0.15, 0.2) is 18.5 Å². The molecule has 0 saturated heterocycles. The molecule has 0 aliphatic carbocycles. The molecule has 3 N–H and O–H groups in total. The Morgan fingerprint density at radius 1 is 1.46 bits per heavy atom. The Bertz CT molecular complexity index is 349. The number of nitrogens with zero attached hydrogens (tertiary/aromatic N) is 1. The van der Waals surface area contributed by atoms with Gasteiger partial charge in [0.25, 0.3) is 0 Å². The zero-order valence-corrected chi connectivity index (χ0v) is 6.73. The molecule has 1 heterocycles.